The Morgan fingerprint density at radius 2 is 1.90 bits per heavy atom. The first kappa shape index (κ1) is 20.1. The van der Waals surface area contributed by atoms with Crippen LogP contribution in [0.15, 0.2) is 72.9 Å². The van der Waals surface area contributed by atoms with Crippen LogP contribution in [-0.4, -0.2) is 27.3 Å². The van der Waals surface area contributed by atoms with Crippen molar-refractivity contribution in [2.75, 3.05) is 7.11 Å². The fourth-order valence-corrected chi connectivity index (χ4v) is 3.58. The zero-order valence-electron chi connectivity index (χ0n) is 17.0. The molecule has 0 bridgehead atoms. The van der Waals surface area contributed by atoms with Crippen molar-refractivity contribution in [2.24, 2.45) is 0 Å². The molecule has 2 aromatic heterocycles. The lowest BCUT2D eigenvalue weighted by Crippen LogP contribution is -2.28. The van der Waals surface area contributed by atoms with E-state index in [9.17, 15) is 14.9 Å². The summed E-state index contributed by atoms with van der Waals surface area (Å²) in [7, 11) is 1.60. The molecular weight excluding hydrogens is 396 g/mol. The third-order valence-corrected chi connectivity index (χ3v) is 4.97. The highest BCUT2D eigenvalue weighted by atomic mass is 16.6. The molecule has 0 radical (unpaired) electrons. The second-order valence-corrected chi connectivity index (χ2v) is 6.99. The van der Waals surface area contributed by atoms with Crippen molar-refractivity contribution in [1.29, 1.82) is 0 Å². The highest BCUT2D eigenvalue weighted by molar-refractivity contribution is 5.76. The van der Waals surface area contributed by atoms with Crippen LogP contribution in [0.25, 0.3) is 16.9 Å². The summed E-state index contributed by atoms with van der Waals surface area (Å²) in [5.74, 6) is 0.453. The Hall–Kier alpha value is -4.20. The predicted octanol–water partition coefficient (Wildman–Crippen LogP) is 4.14. The third kappa shape index (κ3) is 3.95. The van der Waals surface area contributed by atoms with E-state index in [1.54, 1.807) is 19.2 Å². The fraction of sp³-hybridized carbons (Fsp3) is 0.130. The summed E-state index contributed by atoms with van der Waals surface area (Å²) in [5, 5.41) is 14.3. The second-order valence-electron chi connectivity index (χ2n) is 6.99. The van der Waals surface area contributed by atoms with Crippen LogP contribution in [0, 0.1) is 10.1 Å². The van der Waals surface area contributed by atoms with Crippen molar-refractivity contribution in [1.82, 2.24) is 14.7 Å². The normalized spacial score (nSPS) is 11.8. The molecule has 0 fully saturated rings. The lowest BCUT2D eigenvalue weighted by atomic mass is 9.98. The van der Waals surface area contributed by atoms with Gasteiger partial charge < -0.3 is 14.5 Å². The minimum Gasteiger partial charge on any atom is -0.497 e. The molecule has 156 valence electrons. The van der Waals surface area contributed by atoms with E-state index >= 15 is 0 Å². The van der Waals surface area contributed by atoms with Crippen LogP contribution in [-0.2, 0) is 4.79 Å². The number of rotatable bonds is 6. The molecule has 4 aromatic rings. The van der Waals surface area contributed by atoms with Gasteiger partial charge in [-0.1, -0.05) is 18.2 Å². The zero-order valence-corrected chi connectivity index (χ0v) is 17.0. The summed E-state index contributed by atoms with van der Waals surface area (Å²) in [6.07, 6.45) is 1.86. The number of hydrogen-bond donors (Lipinski definition) is 1. The number of imidazole rings is 1. The van der Waals surface area contributed by atoms with Crippen LogP contribution >= 0.6 is 0 Å². The molecule has 8 heteroatoms. The van der Waals surface area contributed by atoms with Gasteiger partial charge >= 0.3 is 0 Å². The molecule has 0 aliphatic carbocycles. The summed E-state index contributed by atoms with van der Waals surface area (Å²) < 4.78 is 7.14. The van der Waals surface area contributed by atoms with Crippen LogP contribution in [0.5, 0.6) is 5.75 Å². The van der Waals surface area contributed by atoms with E-state index in [1.807, 2.05) is 53.1 Å². The SMILES string of the molecule is COc1ccc(-c2nc3ccccn3c2C(NC(C)=O)c2cccc([N+](=O)[O-])c2)cc1. The standard InChI is InChI=1S/C23H20N4O4/c1-15(28)24-22(17-6-5-7-18(14-17)27(29)30)23-21(16-9-11-19(31-2)12-10-16)25-20-8-3-4-13-26(20)23/h3-14,22H,1-2H3,(H,24,28). The summed E-state index contributed by atoms with van der Waals surface area (Å²) >= 11 is 0. The zero-order chi connectivity index (χ0) is 22.0. The van der Waals surface area contributed by atoms with Crippen LogP contribution in [0.2, 0.25) is 0 Å². The van der Waals surface area contributed by atoms with Crippen LogP contribution in [0.1, 0.15) is 24.2 Å². The molecule has 1 N–H and O–H groups in total. The van der Waals surface area contributed by atoms with Crippen LogP contribution in [0.3, 0.4) is 0 Å². The Morgan fingerprint density at radius 1 is 1.13 bits per heavy atom. The number of nitrogens with one attached hydrogen (secondary N) is 1. The van der Waals surface area contributed by atoms with E-state index in [4.69, 9.17) is 9.72 Å². The Kier molecular flexibility index (Phi) is 5.36. The minimum absolute atomic E-state index is 0.0485. The Labute approximate surface area is 178 Å². The number of methoxy groups -OCH3 is 1. The van der Waals surface area contributed by atoms with E-state index < -0.39 is 11.0 Å². The molecule has 2 aromatic carbocycles. The Bertz CT molecular complexity index is 1260. The lowest BCUT2D eigenvalue weighted by Gasteiger charge is -2.20. The molecule has 31 heavy (non-hydrogen) atoms. The van der Waals surface area contributed by atoms with Gasteiger partial charge in [0.25, 0.3) is 5.69 Å². The average Bonchev–Trinajstić information content (AvgIpc) is 3.17. The first-order valence-electron chi connectivity index (χ1n) is 9.61. The number of nitro benzene ring substituents is 1. The monoisotopic (exact) mass is 416 g/mol. The summed E-state index contributed by atoms with van der Waals surface area (Å²) in [5.41, 5.74) is 3.44. The molecule has 0 spiro atoms. The van der Waals surface area contributed by atoms with E-state index in [0.717, 1.165) is 5.56 Å². The molecule has 1 atom stereocenters. The van der Waals surface area contributed by atoms with Gasteiger partial charge in [0.1, 0.15) is 11.4 Å². The van der Waals surface area contributed by atoms with Crippen molar-refractivity contribution < 1.29 is 14.5 Å². The molecule has 1 amide bonds. The number of aromatic nitrogens is 2. The molecule has 2 heterocycles. The number of ether oxygens (including phenoxy) is 1. The topological polar surface area (TPSA) is 98.8 Å². The number of carbonyl (C=O) groups excluding carboxylic acids is 1. The van der Waals surface area contributed by atoms with Crippen molar-refractivity contribution >= 4 is 17.2 Å². The van der Waals surface area contributed by atoms with Gasteiger partial charge in [0, 0.05) is 30.8 Å². The van der Waals surface area contributed by atoms with E-state index in [1.165, 1.54) is 19.1 Å². The second kappa shape index (κ2) is 8.27. The number of hydrogen-bond acceptors (Lipinski definition) is 5. The number of fused-ring (bicyclic) bond motifs is 1. The highest BCUT2D eigenvalue weighted by Gasteiger charge is 2.26. The third-order valence-electron chi connectivity index (χ3n) is 4.97. The summed E-state index contributed by atoms with van der Waals surface area (Å²) in [4.78, 5) is 27.8. The number of carbonyl (C=O) groups is 1. The molecule has 0 aliphatic heterocycles. The first-order chi connectivity index (χ1) is 15.0. The number of pyridine rings is 1. The van der Waals surface area contributed by atoms with Gasteiger partial charge in [-0.15, -0.1) is 0 Å². The molecule has 1 unspecified atom stereocenters. The molecule has 4 rings (SSSR count). The largest absolute Gasteiger partial charge is 0.497 e. The maximum absolute atomic E-state index is 12.1. The van der Waals surface area contributed by atoms with Gasteiger partial charge in [-0.25, -0.2) is 4.98 Å². The minimum atomic E-state index is -0.646. The number of nitrogens with zero attached hydrogens (tertiary/aromatic N) is 3. The summed E-state index contributed by atoms with van der Waals surface area (Å²) in [6.45, 7) is 1.42. The highest BCUT2D eigenvalue weighted by Crippen LogP contribution is 2.34. The first-order valence-corrected chi connectivity index (χ1v) is 9.61. The number of benzene rings is 2. The molecule has 0 saturated carbocycles. The van der Waals surface area contributed by atoms with E-state index in [0.29, 0.717) is 28.3 Å². The number of amides is 1. The summed E-state index contributed by atoms with van der Waals surface area (Å²) in [6, 6.07) is 18.7. The van der Waals surface area contributed by atoms with Crippen LogP contribution < -0.4 is 10.1 Å². The van der Waals surface area contributed by atoms with Crippen molar-refractivity contribution in [2.45, 2.75) is 13.0 Å². The average molecular weight is 416 g/mol. The van der Waals surface area contributed by atoms with Crippen molar-refractivity contribution in [3.05, 3.63) is 94.3 Å². The maximum atomic E-state index is 12.1. The molecule has 0 aliphatic rings. The lowest BCUT2D eigenvalue weighted by molar-refractivity contribution is -0.384. The van der Waals surface area contributed by atoms with Gasteiger partial charge in [-0.3, -0.25) is 14.9 Å². The predicted molar refractivity (Wildman–Crippen MR) is 116 cm³/mol. The van der Waals surface area contributed by atoms with E-state index in [2.05, 4.69) is 5.32 Å². The van der Waals surface area contributed by atoms with Gasteiger partial charge in [0.2, 0.25) is 5.91 Å². The smallest absolute Gasteiger partial charge is 0.269 e. The Morgan fingerprint density at radius 3 is 2.58 bits per heavy atom. The molecule has 8 nitrogen and oxygen atoms in total. The van der Waals surface area contributed by atoms with Gasteiger partial charge in [0.15, 0.2) is 0 Å². The molecule has 0 saturated heterocycles. The maximum Gasteiger partial charge on any atom is 0.269 e. The van der Waals surface area contributed by atoms with Crippen molar-refractivity contribution in [3.63, 3.8) is 0 Å². The van der Waals surface area contributed by atoms with Crippen molar-refractivity contribution in [3.8, 4) is 17.0 Å². The Balaban J connectivity index is 1.96. The van der Waals surface area contributed by atoms with Gasteiger partial charge in [-0.05, 0) is 42.0 Å². The van der Waals surface area contributed by atoms with E-state index in [-0.39, 0.29) is 11.6 Å². The number of nitro groups is 1. The van der Waals surface area contributed by atoms with Gasteiger partial charge in [0.05, 0.1) is 29.5 Å². The number of non-ortho nitro benzene ring substituents is 1. The van der Waals surface area contributed by atoms with Gasteiger partial charge in [-0.2, -0.15) is 0 Å². The van der Waals surface area contributed by atoms with Crippen LogP contribution in [0.4, 0.5) is 5.69 Å². The fourth-order valence-electron chi connectivity index (χ4n) is 3.58. The molecular formula is C23H20N4O4. The quantitative estimate of drug-likeness (QED) is 0.376.